The summed E-state index contributed by atoms with van der Waals surface area (Å²) in [5.74, 6) is 0.532. The molecule has 0 aliphatic rings. The van der Waals surface area contributed by atoms with Crippen molar-refractivity contribution in [1.82, 2.24) is 9.97 Å². The van der Waals surface area contributed by atoms with Gasteiger partial charge in [0.1, 0.15) is 11.8 Å². The molecule has 5 nitrogen and oxygen atoms in total. The predicted molar refractivity (Wildman–Crippen MR) is 49.1 cm³/mol. The molecule has 2 N–H and O–H groups in total. The molecule has 0 fully saturated rings. The van der Waals surface area contributed by atoms with Crippen molar-refractivity contribution in [1.29, 1.82) is 5.26 Å². The summed E-state index contributed by atoms with van der Waals surface area (Å²) in [5, 5.41) is 8.59. The molecule has 0 radical (unpaired) electrons. The molecule has 13 heavy (non-hydrogen) atoms. The van der Waals surface area contributed by atoms with Crippen molar-refractivity contribution in [3.8, 4) is 6.07 Å². The van der Waals surface area contributed by atoms with Crippen molar-refractivity contribution in [3.05, 3.63) is 18.0 Å². The number of nitrogens with zero attached hydrogens (tertiary/aromatic N) is 4. The highest BCUT2D eigenvalue weighted by Crippen LogP contribution is 2.03. The lowest BCUT2D eigenvalue weighted by molar-refractivity contribution is 0.844. The first-order valence-corrected chi connectivity index (χ1v) is 3.92. The van der Waals surface area contributed by atoms with Crippen LogP contribution in [-0.4, -0.2) is 30.1 Å². The van der Waals surface area contributed by atoms with Gasteiger partial charge in [0, 0.05) is 26.3 Å². The molecular weight excluding hydrogens is 166 g/mol. The zero-order valence-corrected chi connectivity index (χ0v) is 7.44. The largest absolute Gasteiger partial charge is 0.343 e. The summed E-state index contributed by atoms with van der Waals surface area (Å²) in [6, 6.07) is 3.52. The molecule has 0 spiro atoms. The van der Waals surface area contributed by atoms with Crippen LogP contribution in [0.2, 0.25) is 0 Å². The normalized spacial score (nSPS) is 9.31. The molecule has 0 aromatic carbocycles. The molecule has 1 rings (SSSR count). The molecule has 68 valence electrons. The Bertz CT molecular complexity index is 317. The minimum Gasteiger partial charge on any atom is -0.343 e. The van der Waals surface area contributed by atoms with Crippen LogP contribution in [0.15, 0.2) is 12.3 Å². The monoisotopic (exact) mass is 177 g/mol. The number of hydrogen-bond acceptors (Lipinski definition) is 5. The summed E-state index contributed by atoms with van der Waals surface area (Å²) in [4.78, 5) is 9.83. The van der Waals surface area contributed by atoms with E-state index >= 15 is 0 Å². The maximum absolute atomic E-state index is 8.59. The predicted octanol–water partition coefficient (Wildman–Crippen LogP) is -0.257. The second kappa shape index (κ2) is 4.38. The fraction of sp³-hybridized carbons (Fsp3) is 0.375. The second-order valence-corrected chi connectivity index (χ2v) is 2.56. The molecule has 1 aromatic heterocycles. The zero-order chi connectivity index (χ0) is 9.68. The van der Waals surface area contributed by atoms with E-state index in [4.69, 9.17) is 11.0 Å². The highest BCUT2D eigenvalue weighted by molar-refractivity contribution is 5.32. The van der Waals surface area contributed by atoms with Gasteiger partial charge in [-0.2, -0.15) is 5.26 Å². The Labute approximate surface area is 76.8 Å². The van der Waals surface area contributed by atoms with Crippen molar-refractivity contribution in [2.24, 2.45) is 5.73 Å². The number of aromatic nitrogens is 2. The Morgan fingerprint density at radius 1 is 1.69 bits per heavy atom. The number of nitrogens with two attached hydrogens (primary N) is 1. The molecular formula is C8H11N5. The van der Waals surface area contributed by atoms with Crippen molar-refractivity contribution < 1.29 is 0 Å². The molecule has 0 bridgehead atoms. The third kappa shape index (κ3) is 2.39. The van der Waals surface area contributed by atoms with Crippen LogP contribution < -0.4 is 10.6 Å². The molecule has 0 amide bonds. The fourth-order valence-corrected chi connectivity index (χ4v) is 0.888. The first-order chi connectivity index (χ1) is 6.27. The lowest BCUT2D eigenvalue weighted by Crippen LogP contribution is -2.26. The molecule has 0 saturated heterocycles. The summed E-state index contributed by atoms with van der Waals surface area (Å²) >= 11 is 0. The van der Waals surface area contributed by atoms with E-state index in [1.807, 2.05) is 13.1 Å². The number of rotatable bonds is 3. The zero-order valence-electron chi connectivity index (χ0n) is 7.44. The third-order valence-electron chi connectivity index (χ3n) is 1.56. The standard InChI is InChI=1S/C8H11N5/c1-13(5-3-9)8-11-4-2-7(6-10)12-8/h2,4H,3,5,9H2,1H3. The number of anilines is 1. The minimum absolute atomic E-state index is 0.369. The van der Waals surface area contributed by atoms with Crippen molar-refractivity contribution in [3.63, 3.8) is 0 Å². The van der Waals surface area contributed by atoms with Gasteiger partial charge in [-0.15, -0.1) is 0 Å². The number of nitriles is 1. The Kier molecular flexibility index (Phi) is 3.17. The Morgan fingerprint density at radius 3 is 3.08 bits per heavy atom. The summed E-state index contributed by atoms with van der Waals surface area (Å²) in [6.07, 6.45) is 1.56. The number of likely N-dealkylation sites (N-methyl/N-ethyl adjacent to an activating group) is 1. The van der Waals surface area contributed by atoms with E-state index in [1.165, 1.54) is 0 Å². The maximum atomic E-state index is 8.59. The van der Waals surface area contributed by atoms with Crippen LogP contribution >= 0.6 is 0 Å². The average molecular weight is 177 g/mol. The van der Waals surface area contributed by atoms with Gasteiger partial charge in [0.15, 0.2) is 0 Å². The number of hydrogen-bond donors (Lipinski definition) is 1. The van der Waals surface area contributed by atoms with Gasteiger partial charge in [-0.1, -0.05) is 0 Å². The minimum atomic E-state index is 0.369. The van der Waals surface area contributed by atoms with Crippen LogP contribution in [0.1, 0.15) is 5.69 Å². The Balaban J connectivity index is 2.83. The smallest absolute Gasteiger partial charge is 0.226 e. The van der Waals surface area contributed by atoms with E-state index in [9.17, 15) is 0 Å². The molecule has 0 saturated carbocycles. The summed E-state index contributed by atoms with van der Waals surface area (Å²) in [6.45, 7) is 1.21. The molecule has 0 aliphatic carbocycles. The van der Waals surface area contributed by atoms with Gasteiger partial charge in [-0.25, -0.2) is 9.97 Å². The Morgan fingerprint density at radius 2 is 2.46 bits per heavy atom. The van der Waals surface area contributed by atoms with Gasteiger partial charge in [0.2, 0.25) is 5.95 Å². The van der Waals surface area contributed by atoms with Crippen LogP contribution in [0.5, 0.6) is 0 Å². The van der Waals surface area contributed by atoms with Crippen LogP contribution in [-0.2, 0) is 0 Å². The first kappa shape index (κ1) is 9.42. The lowest BCUT2D eigenvalue weighted by Gasteiger charge is -2.14. The quantitative estimate of drug-likeness (QED) is 0.688. The average Bonchev–Trinajstić information content (AvgIpc) is 2.18. The molecule has 0 atom stereocenters. The van der Waals surface area contributed by atoms with E-state index in [0.29, 0.717) is 24.7 Å². The molecule has 0 aliphatic heterocycles. The van der Waals surface area contributed by atoms with Gasteiger partial charge in [-0.05, 0) is 6.07 Å². The van der Waals surface area contributed by atoms with Crippen molar-refractivity contribution in [2.45, 2.75) is 0 Å². The highest BCUT2D eigenvalue weighted by atomic mass is 15.2. The van der Waals surface area contributed by atoms with E-state index < -0.39 is 0 Å². The van der Waals surface area contributed by atoms with E-state index in [-0.39, 0.29) is 0 Å². The van der Waals surface area contributed by atoms with Crippen LogP contribution in [0.3, 0.4) is 0 Å². The second-order valence-electron chi connectivity index (χ2n) is 2.56. The van der Waals surface area contributed by atoms with Crippen LogP contribution in [0, 0.1) is 11.3 Å². The Hall–Kier alpha value is -1.67. The lowest BCUT2D eigenvalue weighted by atomic mass is 10.4. The van der Waals surface area contributed by atoms with Gasteiger partial charge in [0.05, 0.1) is 0 Å². The molecule has 1 aromatic rings. The summed E-state index contributed by atoms with van der Waals surface area (Å²) in [7, 11) is 1.84. The van der Waals surface area contributed by atoms with Crippen molar-refractivity contribution in [2.75, 3.05) is 25.0 Å². The summed E-state index contributed by atoms with van der Waals surface area (Å²) < 4.78 is 0. The SMILES string of the molecule is CN(CCN)c1nccc(C#N)n1. The molecule has 0 unspecified atom stereocenters. The van der Waals surface area contributed by atoms with E-state index in [2.05, 4.69) is 9.97 Å². The maximum Gasteiger partial charge on any atom is 0.226 e. The first-order valence-electron chi connectivity index (χ1n) is 3.92. The van der Waals surface area contributed by atoms with E-state index in [0.717, 1.165) is 0 Å². The van der Waals surface area contributed by atoms with Gasteiger partial charge in [0.25, 0.3) is 0 Å². The summed E-state index contributed by atoms with van der Waals surface area (Å²) in [5.41, 5.74) is 5.74. The van der Waals surface area contributed by atoms with E-state index in [1.54, 1.807) is 17.2 Å². The fourth-order valence-electron chi connectivity index (χ4n) is 0.888. The van der Waals surface area contributed by atoms with Crippen LogP contribution in [0.4, 0.5) is 5.95 Å². The molecule has 1 heterocycles. The van der Waals surface area contributed by atoms with Gasteiger partial charge >= 0.3 is 0 Å². The molecule has 5 heteroatoms. The van der Waals surface area contributed by atoms with Gasteiger partial charge in [-0.3, -0.25) is 0 Å². The topological polar surface area (TPSA) is 78.8 Å². The third-order valence-corrected chi connectivity index (χ3v) is 1.56. The van der Waals surface area contributed by atoms with Crippen LogP contribution in [0.25, 0.3) is 0 Å². The highest BCUT2D eigenvalue weighted by Gasteiger charge is 2.02. The van der Waals surface area contributed by atoms with Gasteiger partial charge < -0.3 is 10.6 Å². The van der Waals surface area contributed by atoms with Crippen molar-refractivity contribution >= 4 is 5.95 Å².